The lowest BCUT2D eigenvalue weighted by molar-refractivity contribution is 0.509. The van der Waals surface area contributed by atoms with Crippen molar-refractivity contribution < 1.29 is 8.78 Å². The molecule has 0 aliphatic heterocycles. The van der Waals surface area contributed by atoms with E-state index in [-0.39, 0.29) is 0 Å². The summed E-state index contributed by atoms with van der Waals surface area (Å²) in [5.41, 5.74) is 1.77. The van der Waals surface area contributed by atoms with Crippen LogP contribution in [-0.4, -0.2) is 14.4 Å². The number of fused-ring (bicyclic) bond motifs is 1. The van der Waals surface area contributed by atoms with E-state index in [0.29, 0.717) is 16.9 Å². The summed E-state index contributed by atoms with van der Waals surface area (Å²) in [6, 6.07) is 3.71. The second-order valence-electron chi connectivity index (χ2n) is 3.60. The molecule has 0 amide bonds. The van der Waals surface area contributed by atoms with Crippen molar-refractivity contribution in [2.75, 3.05) is 0 Å². The monoisotopic (exact) mass is 231 g/mol. The Hall–Kier alpha value is -2.30. The zero-order chi connectivity index (χ0) is 11.8. The van der Waals surface area contributed by atoms with E-state index in [9.17, 15) is 8.78 Å². The van der Waals surface area contributed by atoms with Crippen molar-refractivity contribution in [1.82, 2.24) is 14.4 Å². The smallest absolute Gasteiger partial charge is 0.159 e. The molecule has 2 heterocycles. The number of aromatic nitrogens is 3. The van der Waals surface area contributed by atoms with Crippen LogP contribution in [0.4, 0.5) is 8.78 Å². The maximum Gasteiger partial charge on any atom is 0.159 e. The number of benzene rings is 1. The molecule has 0 atom stereocenters. The van der Waals surface area contributed by atoms with Gasteiger partial charge in [0, 0.05) is 24.2 Å². The lowest BCUT2D eigenvalue weighted by Gasteiger charge is -1.96. The molecule has 17 heavy (non-hydrogen) atoms. The Labute approximate surface area is 95.4 Å². The van der Waals surface area contributed by atoms with E-state index >= 15 is 0 Å². The molecule has 0 N–H and O–H groups in total. The fourth-order valence-corrected chi connectivity index (χ4v) is 1.64. The van der Waals surface area contributed by atoms with Gasteiger partial charge in [0.2, 0.25) is 0 Å². The molecule has 0 aliphatic rings. The van der Waals surface area contributed by atoms with Crippen LogP contribution in [0.25, 0.3) is 16.9 Å². The van der Waals surface area contributed by atoms with E-state index < -0.39 is 11.6 Å². The van der Waals surface area contributed by atoms with Crippen LogP contribution in [0.1, 0.15) is 0 Å². The highest BCUT2D eigenvalue weighted by Crippen LogP contribution is 2.20. The first-order valence-corrected chi connectivity index (χ1v) is 4.98. The van der Waals surface area contributed by atoms with Gasteiger partial charge in [-0.05, 0) is 18.2 Å². The van der Waals surface area contributed by atoms with Gasteiger partial charge in [-0.15, -0.1) is 0 Å². The van der Waals surface area contributed by atoms with E-state index in [1.54, 1.807) is 29.2 Å². The number of rotatable bonds is 1. The summed E-state index contributed by atoms with van der Waals surface area (Å²) in [6.07, 6.45) is 6.71. The van der Waals surface area contributed by atoms with Crippen LogP contribution in [0, 0.1) is 11.6 Å². The molecule has 0 radical (unpaired) electrons. The summed E-state index contributed by atoms with van der Waals surface area (Å²) in [7, 11) is 0. The zero-order valence-corrected chi connectivity index (χ0v) is 8.64. The predicted molar refractivity (Wildman–Crippen MR) is 58.3 cm³/mol. The number of nitrogens with zero attached hydrogens (tertiary/aromatic N) is 3. The Balaban J connectivity index is 2.17. The second kappa shape index (κ2) is 3.62. The summed E-state index contributed by atoms with van der Waals surface area (Å²) in [4.78, 5) is 8.20. The molecule has 3 rings (SSSR count). The largest absolute Gasteiger partial charge is 0.304 e. The summed E-state index contributed by atoms with van der Waals surface area (Å²) >= 11 is 0. The summed E-state index contributed by atoms with van der Waals surface area (Å²) < 4.78 is 27.7. The van der Waals surface area contributed by atoms with Gasteiger partial charge in [0.25, 0.3) is 0 Å². The normalized spacial score (nSPS) is 10.9. The van der Waals surface area contributed by atoms with Gasteiger partial charge in [-0.3, -0.25) is 4.98 Å². The van der Waals surface area contributed by atoms with Gasteiger partial charge >= 0.3 is 0 Å². The molecule has 3 aromatic rings. The van der Waals surface area contributed by atoms with Crippen molar-refractivity contribution >= 4 is 5.65 Å². The quantitative estimate of drug-likeness (QED) is 0.644. The minimum atomic E-state index is -0.877. The molecule has 0 unspecified atom stereocenters. The standard InChI is InChI=1S/C12H7F2N3/c13-9-2-1-8(5-10(9)14)11-7-17-4-3-15-6-12(17)16-11/h1-7H. The highest BCUT2D eigenvalue weighted by molar-refractivity contribution is 5.62. The first kappa shape index (κ1) is 9.89. The number of hydrogen-bond donors (Lipinski definition) is 0. The fourth-order valence-electron chi connectivity index (χ4n) is 1.64. The van der Waals surface area contributed by atoms with E-state index in [1.807, 2.05) is 0 Å². The Morgan fingerprint density at radius 1 is 1.12 bits per heavy atom. The van der Waals surface area contributed by atoms with Gasteiger partial charge in [-0.25, -0.2) is 13.8 Å². The minimum absolute atomic E-state index is 0.535. The molecule has 0 bridgehead atoms. The summed E-state index contributed by atoms with van der Waals surface area (Å²) in [5.74, 6) is -1.74. The summed E-state index contributed by atoms with van der Waals surface area (Å²) in [5, 5.41) is 0. The molecule has 84 valence electrons. The average molecular weight is 231 g/mol. The molecule has 2 aromatic heterocycles. The predicted octanol–water partition coefficient (Wildman–Crippen LogP) is 2.67. The van der Waals surface area contributed by atoms with Crippen LogP contribution >= 0.6 is 0 Å². The molecule has 0 spiro atoms. The van der Waals surface area contributed by atoms with E-state index in [4.69, 9.17) is 0 Å². The van der Waals surface area contributed by atoms with Crippen molar-refractivity contribution in [2.24, 2.45) is 0 Å². The van der Waals surface area contributed by atoms with Crippen LogP contribution in [0.15, 0.2) is 43.0 Å². The maximum atomic E-state index is 13.1. The third kappa shape index (κ3) is 1.65. The molecule has 3 nitrogen and oxygen atoms in total. The first-order chi connectivity index (χ1) is 8.24. The lowest BCUT2D eigenvalue weighted by Crippen LogP contribution is -1.85. The first-order valence-electron chi connectivity index (χ1n) is 4.98. The van der Waals surface area contributed by atoms with Crippen LogP contribution in [0.3, 0.4) is 0 Å². The molecule has 5 heteroatoms. The molecule has 0 aliphatic carbocycles. The zero-order valence-electron chi connectivity index (χ0n) is 8.64. The van der Waals surface area contributed by atoms with Gasteiger partial charge in [-0.1, -0.05) is 0 Å². The van der Waals surface area contributed by atoms with E-state index in [0.717, 1.165) is 12.1 Å². The van der Waals surface area contributed by atoms with Gasteiger partial charge in [0.1, 0.15) is 0 Å². The molecule has 1 aromatic carbocycles. The average Bonchev–Trinajstić information content (AvgIpc) is 2.76. The van der Waals surface area contributed by atoms with E-state index in [2.05, 4.69) is 9.97 Å². The van der Waals surface area contributed by atoms with Crippen LogP contribution in [-0.2, 0) is 0 Å². The van der Waals surface area contributed by atoms with Crippen LogP contribution in [0.2, 0.25) is 0 Å². The van der Waals surface area contributed by atoms with Crippen molar-refractivity contribution in [2.45, 2.75) is 0 Å². The van der Waals surface area contributed by atoms with Crippen LogP contribution < -0.4 is 0 Å². The van der Waals surface area contributed by atoms with Crippen molar-refractivity contribution in [3.8, 4) is 11.3 Å². The molecular weight excluding hydrogens is 224 g/mol. The van der Waals surface area contributed by atoms with Crippen molar-refractivity contribution in [3.05, 3.63) is 54.6 Å². The van der Waals surface area contributed by atoms with Gasteiger partial charge in [0.15, 0.2) is 17.3 Å². The minimum Gasteiger partial charge on any atom is -0.304 e. The molecule has 0 saturated heterocycles. The molecule has 0 fully saturated rings. The Kier molecular flexibility index (Phi) is 2.11. The topological polar surface area (TPSA) is 30.2 Å². The number of halogens is 2. The third-order valence-electron chi connectivity index (χ3n) is 2.48. The Morgan fingerprint density at radius 3 is 2.76 bits per heavy atom. The van der Waals surface area contributed by atoms with Crippen LogP contribution in [0.5, 0.6) is 0 Å². The van der Waals surface area contributed by atoms with Gasteiger partial charge in [0.05, 0.1) is 11.9 Å². The highest BCUT2D eigenvalue weighted by atomic mass is 19.2. The van der Waals surface area contributed by atoms with Crippen molar-refractivity contribution in [1.29, 1.82) is 0 Å². The summed E-state index contributed by atoms with van der Waals surface area (Å²) in [6.45, 7) is 0. The van der Waals surface area contributed by atoms with Crippen molar-refractivity contribution in [3.63, 3.8) is 0 Å². The number of imidazole rings is 1. The third-order valence-corrected chi connectivity index (χ3v) is 2.48. The Bertz CT molecular complexity index is 658. The fraction of sp³-hybridized carbons (Fsp3) is 0. The SMILES string of the molecule is Fc1ccc(-c2cn3ccncc3n2)cc1F. The Morgan fingerprint density at radius 2 is 2.00 bits per heavy atom. The number of hydrogen-bond acceptors (Lipinski definition) is 2. The molecular formula is C12H7F2N3. The van der Waals surface area contributed by atoms with E-state index in [1.165, 1.54) is 6.07 Å². The lowest BCUT2D eigenvalue weighted by atomic mass is 10.1. The van der Waals surface area contributed by atoms with Gasteiger partial charge in [-0.2, -0.15) is 0 Å². The molecule has 0 saturated carbocycles. The van der Waals surface area contributed by atoms with Gasteiger partial charge < -0.3 is 4.40 Å². The maximum absolute atomic E-state index is 13.1. The highest BCUT2D eigenvalue weighted by Gasteiger charge is 2.07. The second-order valence-corrected chi connectivity index (χ2v) is 3.60.